The number of aryl methyl sites for hydroxylation is 1. The zero-order valence-electron chi connectivity index (χ0n) is 11.3. The van der Waals surface area contributed by atoms with Crippen molar-refractivity contribution in [3.63, 3.8) is 0 Å². The maximum absolute atomic E-state index is 11.7. The van der Waals surface area contributed by atoms with Crippen LogP contribution in [0.5, 0.6) is 0 Å². The van der Waals surface area contributed by atoms with E-state index in [9.17, 15) is 18.5 Å². The number of hydrogen-bond donors (Lipinski definition) is 2. The lowest BCUT2D eigenvalue weighted by Gasteiger charge is -2.07. The Labute approximate surface area is 120 Å². The van der Waals surface area contributed by atoms with E-state index in [0.29, 0.717) is 5.69 Å². The summed E-state index contributed by atoms with van der Waals surface area (Å²) in [5.41, 5.74) is 0.406. The van der Waals surface area contributed by atoms with Gasteiger partial charge in [-0.2, -0.15) is 5.10 Å². The summed E-state index contributed by atoms with van der Waals surface area (Å²) in [4.78, 5) is 10.3. The van der Waals surface area contributed by atoms with Crippen LogP contribution >= 0.6 is 0 Å². The Morgan fingerprint density at radius 1 is 1.38 bits per heavy atom. The number of hydrogen-bond acceptors (Lipinski definition) is 6. The number of nitro groups is 1. The molecule has 10 heteroatoms. The molecule has 2 N–H and O–H groups in total. The zero-order chi connectivity index (χ0) is 15.6. The minimum atomic E-state index is -3.74. The van der Waals surface area contributed by atoms with Gasteiger partial charge in [0.15, 0.2) is 0 Å². The normalized spacial score (nSPS) is 11.3. The minimum Gasteiger partial charge on any atom is -0.347 e. The van der Waals surface area contributed by atoms with Crippen molar-refractivity contribution in [1.29, 1.82) is 0 Å². The second-order valence-corrected chi connectivity index (χ2v) is 6.06. The number of nitro benzene ring substituents is 1. The number of rotatable bonds is 5. The lowest BCUT2D eigenvalue weighted by Crippen LogP contribution is -2.18. The van der Waals surface area contributed by atoms with Crippen molar-refractivity contribution in [1.82, 2.24) is 14.5 Å². The van der Waals surface area contributed by atoms with Gasteiger partial charge >= 0.3 is 0 Å². The molecule has 9 nitrogen and oxygen atoms in total. The van der Waals surface area contributed by atoms with E-state index in [1.54, 1.807) is 13.2 Å². The van der Waals surface area contributed by atoms with Gasteiger partial charge in [0.1, 0.15) is 5.69 Å². The molecule has 0 fully saturated rings. The van der Waals surface area contributed by atoms with E-state index in [1.807, 2.05) is 0 Å². The highest BCUT2D eigenvalue weighted by Crippen LogP contribution is 2.29. The average molecular weight is 311 g/mol. The Bertz CT molecular complexity index is 784. The summed E-state index contributed by atoms with van der Waals surface area (Å²) >= 11 is 0. The smallest absolute Gasteiger partial charge is 0.294 e. The molecular formula is C11H13N5O4S. The van der Waals surface area contributed by atoms with E-state index in [4.69, 9.17) is 0 Å². The summed E-state index contributed by atoms with van der Waals surface area (Å²) in [5, 5.41) is 17.9. The largest absolute Gasteiger partial charge is 0.347 e. The predicted molar refractivity (Wildman–Crippen MR) is 75.8 cm³/mol. The molecule has 112 valence electrons. The first kappa shape index (κ1) is 14.9. The average Bonchev–Trinajstić information content (AvgIpc) is 2.84. The fraction of sp³-hybridized carbons (Fsp3) is 0.182. The maximum Gasteiger partial charge on any atom is 0.294 e. The van der Waals surface area contributed by atoms with Crippen molar-refractivity contribution in [2.24, 2.45) is 7.05 Å². The molecule has 0 saturated carbocycles. The molecule has 1 heterocycles. The van der Waals surface area contributed by atoms with Gasteiger partial charge in [-0.25, -0.2) is 13.1 Å². The summed E-state index contributed by atoms with van der Waals surface area (Å²) < 4.78 is 27.0. The van der Waals surface area contributed by atoms with Gasteiger partial charge in [0.05, 0.1) is 21.7 Å². The van der Waals surface area contributed by atoms with Crippen molar-refractivity contribution < 1.29 is 13.3 Å². The molecule has 0 saturated heterocycles. The monoisotopic (exact) mass is 311 g/mol. The molecule has 1 aromatic heterocycles. The molecule has 0 radical (unpaired) electrons. The van der Waals surface area contributed by atoms with Crippen LogP contribution in [0.4, 0.5) is 17.1 Å². The molecule has 1 aromatic carbocycles. The first-order valence-electron chi connectivity index (χ1n) is 5.81. The fourth-order valence-corrected chi connectivity index (χ4v) is 2.44. The summed E-state index contributed by atoms with van der Waals surface area (Å²) in [7, 11) is -0.789. The van der Waals surface area contributed by atoms with Gasteiger partial charge in [0, 0.05) is 19.3 Å². The third-order valence-electron chi connectivity index (χ3n) is 2.73. The number of sulfonamides is 1. The van der Waals surface area contributed by atoms with E-state index in [0.717, 1.165) is 6.07 Å². The Hall–Kier alpha value is -2.46. The van der Waals surface area contributed by atoms with Crippen molar-refractivity contribution in [2.75, 3.05) is 12.4 Å². The van der Waals surface area contributed by atoms with E-state index in [-0.39, 0.29) is 16.3 Å². The van der Waals surface area contributed by atoms with Crippen LogP contribution in [0.15, 0.2) is 35.5 Å². The molecule has 0 unspecified atom stereocenters. The van der Waals surface area contributed by atoms with Crippen LogP contribution in [0.1, 0.15) is 0 Å². The molecule has 0 amide bonds. The van der Waals surface area contributed by atoms with Crippen LogP contribution in [-0.4, -0.2) is 30.2 Å². The number of anilines is 2. The van der Waals surface area contributed by atoms with Gasteiger partial charge in [-0.1, -0.05) is 0 Å². The van der Waals surface area contributed by atoms with Crippen molar-refractivity contribution >= 4 is 27.1 Å². The van der Waals surface area contributed by atoms with Crippen molar-refractivity contribution in [2.45, 2.75) is 4.90 Å². The van der Waals surface area contributed by atoms with Gasteiger partial charge in [-0.05, 0) is 19.2 Å². The van der Waals surface area contributed by atoms with Gasteiger partial charge in [0.25, 0.3) is 5.69 Å². The molecule has 0 aliphatic rings. The highest BCUT2D eigenvalue weighted by Gasteiger charge is 2.20. The summed E-state index contributed by atoms with van der Waals surface area (Å²) in [6.07, 6.45) is 3.14. The molecular weight excluding hydrogens is 298 g/mol. The first-order valence-corrected chi connectivity index (χ1v) is 7.29. The lowest BCUT2D eigenvalue weighted by molar-refractivity contribution is -0.384. The molecule has 0 aliphatic carbocycles. The highest BCUT2D eigenvalue weighted by atomic mass is 32.2. The Balaban J connectivity index is 2.45. The Kier molecular flexibility index (Phi) is 3.91. The van der Waals surface area contributed by atoms with Gasteiger partial charge in [-0.3, -0.25) is 14.8 Å². The molecule has 21 heavy (non-hydrogen) atoms. The summed E-state index contributed by atoms with van der Waals surface area (Å²) in [5.74, 6) is 0. The lowest BCUT2D eigenvalue weighted by atomic mass is 10.2. The van der Waals surface area contributed by atoms with Gasteiger partial charge in [-0.15, -0.1) is 0 Å². The zero-order valence-corrected chi connectivity index (χ0v) is 12.1. The van der Waals surface area contributed by atoms with E-state index >= 15 is 0 Å². The van der Waals surface area contributed by atoms with Crippen LogP contribution in [0.3, 0.4) is 0 Å². The molecule has 0 aliphatic heterocycles. The quantitative estimate of drug-likeness (QED) is 0.627. The molecule has 0 atom stereocenters. The second kappa shape index (κ2) is 5.50. The minimum absolute atomic E-state index is 0.173. The van der Waals surface area contributed by atoms with Crippen molar-refractivity contribution in [3.05, 3.63) is 40.7 Å². The molecule has 2 aromatic rings. The third-order valence-corrected chi connectivity index (χ3v) is 4.14. The van der Waals surface area contributed by atoms with Gasteiger partial charge < -0.3 is 5.32 Å². The standard InChI is InChI=1S/C11H13N5O4S/c1-12-21(19,20)9-3-4-10(11(5-9)16(17)18)14-8-6-13-15(2)7-8/h3-7,12,14H,1-2H3. The summed E-state index contributed by atoms with van der Waals surface area (Å²) in [6.45, 7) is 0. The topological polar surface area (TPSA) is 119 Å². The number of nitrogens with one attached hydrogen (secondary N) is 2. The SMILES string of the molecule is CNS(=O)(=O)c1ccc(Nc2cnn(C)c2)c([N+](=O)[O-])c1. The maximum atomic E-state index is 11.7. The van der Waals surface area contributed by atoms with E-state index in [1.165, 1.54) is 30.1 Å². The molecule has 0 spiro atoms. The van der Waals surface area contributed by atoms with Crippen LogP contribution in [-0.2, 0) is 17.1 Å². The number of aromatic nitrogens is 2. The van der Waals surface area contributed by atoms with Crippen LogP contribution in [0, 0.1) is 10.1 Å². The van der Waals surface area contributed by atoms with E-state index < -0.39 is 14.9 Å². The van der Waals surface area contributed by atoms with Crippen molar-refractivity contribution in [3.8, 4) is 0 Å². The second-order valence-electron chi connectivity index (χ2n) is 4.17. The fourth-order valence-electron chi connectivity index (χ4n) is 1.69. The number of benzene rings is 1. The predicted octanol–water partition coefficient (Wildman–Crippen LogP) is 0.980. The highest BCUT2D eigenvalue weighted by molar-refractivity contribution is 7.89. The van der Waals surface area contributed by atoms with Crippen LogP contribution in [0.25, 0.3) is 0 Å². The Morgan fingerprint density at radius 3 is 2.62 bits per heavy atom. The number of nitrogens with zero attached hydrogens (tertiary/aromatic N) is 3. The molecule has 0 bridgehead atoms. The first-order chi connectivity index (χ1) is 9.83. The summed E-state index contributed by atoms with van der Waals surface area (Å²) in [6, 6.07) is 3.64. The third kappa shape index (κ3) is 3.17. The van der Waals surface area contributed by atoms with Gasteiger partial charge in [0.2, 0.25) is 10.0 Å². The van der Waals surface area contributed by atoms with Crippen LogP contribution in [0.2, 0.25) is 0 Å². The van der Waals surface area contributed by atoms with E-state index in [2.05, 4.69) is 15.1 Å². The van der Waals surface area contributed by atoms with Crippen LogP contribution < -0.4 is 10.0 Å². The Morgan fingerprint density at radius 2 is 2.10 bits per heavy atom. The molecule has 2 rings (SSSR count).